The van der Waals surface area contributed by atoms with E-state index in [2.05, 4.69) is 12.2 Å². The van der Waals surface area contributed by atoms with Crippen LogP contribution in [0.2, 0.25) is 0 Å². The standard InChI is InChI=1S/C22H32N2O4S/c1-15(2)23-20(25)14-29-19-8-6-5-7-18(19)22(27)28-13-21(26)24(4)17-11-9-16(3)10-12-17/h5-8,15-17H,9-14H2,1-4H3,(H,23,25). The number of ether oxygens (including phenoxy) is 1. The van der Waals surface area contributed by atoms with Gasteiger partial charge >= 0.3 is 5.97 Å². The van der Waals surface area contributed by atoms with Gasteiger partial charge in [0.05, 0.1) is 11.3 Å². The monoisotopic (exact) mass is 420 g/mol. The largest absolute Gasteiger partial charge is 0.452 e. The van der Waals surface area contributed by atoms with Crippen LogP contribution in [0.5, 0.6) is 0 Å². The molecule has 2 rings (SSSR count). The molecular weight excluding hydrogens is 388 g/mol. The number of esters is 1. The highest BCUT2D eigenvalue weighted by molar-refractivity contribution is 8.00. The Hall–Kier alpha value is -2.02. The molecule has 0 bridgehead atoms. The molecule has 160 valence electrons. The summed E-state index contributed by atoms with van der Waals surface area (Å²) in [6.45, 7) is 5.77. The predicted octanol–water partition coefficient (Wildman–Crippen LogP) is 3.50. The molecule has 1 aliphatic carbocycles. The van der Waals surface area contributed by atoms with Gasteiger partial charge in [0.1, 0.15) is 0 Å². The molecule has 0 aliphatic heterocycles. The van der Waals surface area contributed by atoms with E-state index < -0.39 is 5.97 Å². The van der Waals surface area contributed by atoms with Crippen LogP contribution in [0, 0.1) is 5.92 Å². The van der Waals surface area contributed by atoms with Crippen LogP contribution in [0.15, 0.2) is 29.2 Å². The van der Waals surface area contributed by atoms with Gasteiger partial charge in [-0.05, 0) is 57.6 Å². The van der Waals surface area contributed by atoms with Crippen LogP contribution in [0.25, 0.3) is 0 Å². The van der Waals surface area contributed by atoms with Crippen molar-refractivity contribution in [3.05, 3.63) is 29.8 Å². The number of amides is 2. The Bertz CT molecular complexity index is 715. The number of thioether (sulfide) groups is 1. The Labute approximate surface area is 177 Å². The molecule has 1 saturated carbocycles. The smallest absolute Gasteiger partial charge is 0.339 e. The zero-order valence-corrected chi connectivity index (χ0v) is 18.6. The number of hydrogen-bond acceptors (Lipinski definition) is 5. The fraction of sp³-hybridized carbons (Fsp3) is 0.591. The molecule has 1 aliphatic rings. The SMILES string of the molecule is CC1CCC(N(C)C(=O)COC(=O)c2ccccc2SCC(=O)NC(C)C)CC1. The molecule has 2 amide bonds. The van der Waals surface area contributed by atoms with Gasteiger partial charge in [-0.25, -0.2) is 4.79 Å². The lowest BCUT2D eigenvalue weighted by atomic mass is 9.87. The van der Waals surface area contributed by atoms with Crippen molar-refractivity contribution < 1.29 is 19.1 Å². The van der Waals surface area contributed by atoms with E-state index in [-0.39, 0.29) is 36.3 Å². The van der Waals surface area contributed by atoms with Crippen LogP contribution in [0.1, 0.15) is 56.8 Å². The molecule has 1 fully saturated rings. The van der Waals surface area contributed by atoms with Gasteiger partial charge in [0.15, 0.2) is 6.61 Å². The summed E-state index contributed by atoms with van der Waals surface area (Å²) in [7, 11) is 1.79. The van der Waals surface area contributed by atoms with Crippen molar-refractivity contribution in [2.24, 2.45) is 5.92 Å². The summed E-state index contributed by atoms with van der Waals surface area (Å²) in [5, 5.41) is 2.82. The molecule has 0 saturated heterocycles. The van der Waals surface area contributed by atoms with Crippen LogP contribution < -0.4 is 5.32 Å². The van der Waals surface area contributed by atoms with E-state index in [0.717, 1.165) is 25.7 Å². The lowest BCUT2D eigenvalue weighted by molar-refractivity contribution is -0.136. The number of carbonyl (C=O) groups is 3. The van der Waals surface area contributed by atoms with E-state index in [9.17, 15) is 14.4 Å². The molecule has 0 atom stereocenters. The third-order valence-corrected chi connectivity index (χ3v) is 6.24. The summed E-state index contributed by atoms with van der Waals surface area (Å²) >= 11 is 1.28. The van der Waals surface area contributed by atoms with Gasteiger partial charge in [-0.2, -0.15) is 0 Å². The highest BCUT2D eigenvalue weighted by Crippen LogP contribution is 2.27. The molecule has 0 unspecified atom stereocenters. The minimum Gasteiger partial charge on any atom is -0.452 e. The fourth-order valence-electron chi connectivity index (χ4n) is 3.41. The Morgan fingerprint density at radius 3 is 2.48 bits per heavy atom. The van der Waals surface area contributed by atoms with E-state index in [1.165, 1.54) is 11.8 Å². The summed E-state index contributed by atoms with van der Waals surface area (Å²) < 4.78 is 5.29. The second-order valence-electron chi connectivity index (χ2n) is 8.00. The normalized spacial score (nSPS) is 18.9. The van der Waals surface area contributed by atoms with Crippen LogP contribution >= 0.6 is 11.8 Å². The number of nitrogens with zero attached hydrogens (tertiary/aromatic N) is 1. The maximum Gasteiger partial charge on any atom is 0.339 e. The molecule has 0 aromatic heterocycles. The molecule has 1 N–H and O–H groups in total. The minimum absolute atomic E-state index is 0.0682. The third kappa shape index (κ3) is 7.38. The van der Waals surface area contributed by atoms with Gasteiger partial charge in [0, 0.05) is 24.0 Å². The first-order valence-corrected chi connectivity index (χ1v) is 11.2. The Morgan fingerprint density at radius 1 is 1.17 bits per heavy atom. The van der Waals surface area contributed by atoms with Crippen LogP contribution in [-0.2, 0) is 14.3 Å². The summed E-state index contributed by atoms with van der Waals surface area (Å²) in [5.41, 5.74) is 0.372. The number of carbonyl (C=O) groups excluding carboxylic acids is 3. The zero-order chi connectivity index (χ0) is 21.4. The van der Waals surface area contributed by atoms with E-state index in [0.29, 0.717) is 16.4 Å². The van der Waals surface area contributed by atoms with Crippen molar-refractivity contribution in [1.82, 2.24) is 10.2 Å². The van der Waals surface area contributed by atoms with Gasteiger partial charge < -0.3 is 15.0 Å². The highest BCUT2D eigenvalue weighted by atomic mass is 32.2. The fourth-order valence-corrected chi connectivity index (χ4v) is 4.26. The molecule has 0 heterocycles. The van der Waals surface area contributed by atoms with Gasteiger partial charge in [-0.15, -0.1) is 11.8 Å². The van der Waals surface area contributed by atoms with E-state index in [1.807, 2.05) is 19.9 Å². The predicted molar refractivity (Wildman–Crippen MR) is 115 cm³/mol. The van der Waals surface area contributed by atoms with Gasteiger partial charge in [-0.3, -0.25) is 9.59 Å². The van der Waals surface area contributed by atoms with E-state index in [4.69, 9.17) is 4.74 Å². The number of rotatable bonds is 8. The summed E-state index contributed by atoms with van der Waals surface area (Å²) in [5.74, 6) is 0.108. The zero-order valence-electron chi connectivity index (χ0n) is 17.8. The quantitative estimate of drug-likeness (QED) is 0.515. The van der Waals surface area contributed by atoms with Crippen molar-refractivity contribution in [3.63, 3.8) is 0 Å². The molecule has 7 heteroatoms. The molecule has 1 aromatic carbocycles. The van der Waals surface area contributed by atoms with Crippen LogP contribution in [0.3, 0.4) is 0 Å². The highest BCUT2D eigenvalue weighted by Gasteiger charge is 2.25. The van der Waals surface area contributed by atoms with Gasteiger partial charge in [0.2, 0.25) is 5.91 Å². The molecule has 0 spiro atoms. The second-order valence-corrected chi connectivity index (χ2v) is 9.02. The Balaban J connectivity index is 1.88. The second kappa shape index (κ2) is 11.2. The lowest BCUT2D eigenvalue weighted by Crippen LogP contribution is -2.41. The van der Waals surface area contributed by atoms with Gasteiger partial charge in [0.25, 0.3) is 5.91 Å². The number of hydrogen-bond donors (Lipinski definition) is 1. The lowest BCUT2D eigenvalue weighted by Gasteiger charge is -2.33. The summed E-state index contributed by atoms with van der Waals surface area (Å²) in [4.78, 5) is 39.2. The van der Waals surface area contributed by atoms with Gasteiger partial charge in [-0.1, -0.05) is 19.1 Å². The maximum absolute atomic E-state index is 12.5. The average Bonchev–Trinajstić information content (AvgIpc) is 2.70. The molecule has 6 nitrogen and oxygen atoms in total. The Morgan fingerprint density at radius 2 is 1.83 bits per heavy atom. The van der Waals surface area contributed by atoms with Crippen molar-refractivity contribution in [1.29, 1.82) is 0 Å². The number of likely N-dealkylation sites (N-methyl/N-ethyl adjacent to an activating group) is 1. The maximum atomic E-state index is 12.5. The summed E-state index contributed by atoms with van der Waals surface area (Å²) in [6.07, 6.45) is 4.23. The first-order chi connectivity index (χ1) is 13.8. The first-order valence-electron chi connectivity index (χ1n) is 10.2. The van der Waals surface area contributed by atoms with Crippen molar-refractivity contribution >= 4 is 29.5 Å². The minimum atomic E-state index is -0.545. The number of nitrogens with one attached hydrogen (secondary N) is 1. The van der Waals surface area contributed by atoms with E-state index in [1.54, 1.807) is 30.1 Å². The topological polar surface area (TPSA) is 75.7 Å². The molecule has 29 heavy (non-hydrogen) atoms. The summed E-state index contributed by atoms with van der Waals surface area (Å²) in [6, 6.07) is 7.27. The van der Waals surface area contributed by atoms with E-state index >= 15 is 0 Å². The van der Waals surface area contributed by atoms with Crippen LogP contribution in [-0.4, -0.2) is 54.2 Å². The number of benzene rings is 1. The molecule has 1 aromatic rings. The Kier molecular flexibility index (Phi) is 9.01. The van der Waals surface area contributed by atoms with Crippen molar-refractivity contribution in [3.8, 4) is 0 Å². The van der Waals surface area contributed by atoms with Crippen LogP contribution in [0.4, 0.5) is 0 Å². The molecule has 0 radical (unpaired) electrons. The molecular formula is C22H32N2O4S. The third-order valence-electron chi connectivity index (χ3n) is 5.17. The van der Waals surface area contributed by atoms with Crippen molar-refractivity contribution in [2.75, 3.05) is 19.4 Å². The van der Waals surface area contributed by atoms with Crippen molar-refractivity contribution in [2.45, 2.75) is 63.4 Å². The average molecular weight is 421 g/mol. The first kappa shape index (κ1) is 23.3.